The van der Waals surface area contributed by atoms with Crippen LogP contribution in [0, 0.1) is 0 Å². The van der Waals surface area contributed by atoms with Gasteiger partial charge in [-0.2, -0.15) is 8.42 Å². The molecule has 0 aliphatic heterocycles. The lowest BCUT2D eigenvalue weighted by Gasteiger charge is -2.16. The lowest BCUT2D eigenvalue weighted by atomic mass is 10.1. The fourth-order valence-corrected chi connectivity index (χ4v) is 2.82. The van der Waals surface area contributed by atoms with E-state index in [-0.39, 0.29) is 12.4 Å². The number of hydrogen-bond donors (Lipinski definition) is 0. The molecule has 25 heavy (non-hydrogen) atoms. The van der Waals surface area contributed by atoms with Crippen LogP contribution in [0.3, 0.4) is 0 Å². The van der Waals surface area contributed by atoms with Crippen LogP contribution in [0.15, 0.2) is 48.5 Å². The van der Waals surface area contributed by atoms with Gasteiger partial charge in [0.15, 0.2) is 0 Å². The third kappa shape index (κ3) is 5.92. The Labute approximate surface area is 149 Å². The number of nitrogens with zero attached hydrogens (tertiary/aromatic N) is 1. The molecule has 5 nitrogen and oxygen atoms in total. The van der Waals surface area contributed by atoms with E-state index in [9.17, 15) is 8.42 Å². The molecule has 0 aliphatic carbocycles. The van der Waals surface area contributed by atoms with Crippen molar-refractivity contribution in [2.24, 2.45) is 0 Å². The van der Waals surface area contributed by atoms with Crippen LogP contribution < -0.4 is 9.08 Å². The van der Waals surface area contributed by atoms with Crippen molar-refractivity contribution in [2.45, 2.75) is 13.8 Å². The van der Waals surface area contributed by atoms with Crippen molar-refractivity contribution >= 4 is 28.2 Å². The summed E-state index contributed by atoms with van der Waals surface area (Å²) in [5.41, 5.74) is 3.21. The van der Waals surface area contributed by atoms with Crippen molar-refractivity contribution in [1.82, 2.24) is 0 Å². The van der Waals surface area contributed by atoms with Crippen LogP contribution in [0.1, 0.15) is 25.0 Å². The minimum atomic E-state index is -3.99. The molecule has 2 aromatic rings. The molecule has 0 fully saturated rings. The Bertz CT molecular complexity index is 796. The van der Waals surface area contributed by atoms with Gasteiger partial charge in [-0.15, -0.1) is 0 Å². The Balaban J connectivity index is 2.02. The quantitative estimate of drug-likeness (QED) is 0.666. The third-order valence-electron chi connectivity index (χ3n) is 3.62. The summed E-state index contributed by atoms with van der Waals surface area (Å²) in [6.07, 6.45) is 3.96. The maximum absolute atomic E-state index is 11.4. The van der Waals surface area contributed by atoms with Gasteiger partial charge in [-0.05, 0) is 49.2 Å². The monoisotopic (exact) mass is 361 g/mol. The topological polar surface area (TPSA) is 55.8 Å². The SMILES string of the molecule is CCOS(=O)(=O)Oc1ccc(/C=C/c2ccc(N(C)CC)cc2)cc1. The fraction of sp³-hybridized carbons (Fsp3) is 0.263. The number of benzene rings is 2. The molecule has 0 saturated carbocycles. The molecule has 2 aromatic carbocycles. The zero-order chi connectivity index (χ0) is 18.3. The lowest BCUT2D eigenvalue weighted by Crippen LogP contribution is -2.15. The molecule has 6 heteroatoms. The van der Waals surface area contributed by atoms with Crippen molar-refractivity contribution < 1.29 is 16.8 Å². The smallest absolute Gasteiger partial charge is 0.375 e. The average Bonchev–Trinajstić information content (AvgIpc) is 2.60. The summed E-state index contributed by atoms with van der Waals surface area (Å²) in [4.78, 5) is 2.17. The van der Waals surface area contributed by atoms with Crippen LogP contribution in [0.2, 0.25) is 0 Å². The molecule has 0 unspecified atom stereocenters. The van der Waals surface area contributed by atoms with Crippen molar-refractivity contribution in [3.8, 4) is 5.75 Å². The van der Waals surface area contributed by atoms with E-state index in [1.165, 1.54) is 5.69 Å². The fourth-order valence-electron chi connectivity index (χ4n) is 2.14. The molecule has 0 amide bonds. The van der Waals surface area contributed by atoms with Crippen LogP contribution in [0.5, 0.6) is 5.75 Å². The van der Waals surface area contributed by atoms with E-state index in [1.54, 1.807) is 31.2 Å². The van der Waals surface area contributed by atoms with Crippen molar-refractivity contribution in [2.75, 3.05) is 25.1 Å². The molecular weight excluding hydrogens is 338 g/mol. The highest BCUT2D eigenvalue weighted by Gasteiger charge is 2.11. The maximum atomic E-state index is 11.4. The Hall–Kier alpha value is -2.31. The Morgan fingerprint density at radius 2 is 1.44 bits per heavy atom. The highest BCUT2D eigenvalue weighted by Crippen LogP contribution is 2.18. The van der Waals surface area contributed by atoms with Gasteiger partial charge >= 0.3 is 10.4 Å². The highest BCUT2D eigenvalue weighted by atomic mass is 32.3. The second-order valence-electron chi connectivity index (χ2n) is 5.41. The zero-order valence-electron chi connectivity index (χ0n) is 14.7. The summed E-state index contributed by atoms with van der Waals surface area (Å²) >= 11 is 0. The maximum Gasteiger partial charge on any atom is 0.449 e. The van der Waals surface area contributed by atoms with Gasteiger partial charge in [0.2, 0.25) is 0 Å². The van der Waals surface area contributed by atoms with Gasteiger partial charge < -0.3 is 9.08 Å². The van der Waals surface area contributed by atoms with E-state index in [1.807, 2.05) is 12.2 Å². The van der Waals surface area contributed by atoms with Crippen molar-refractivity contribution in [3.05, 3.63) is 59.7 Å². The summed E-state index contributed by atoms with van der Waals surface area (Å²) < 4.78 is 32.2. The first-order chi connectivity index (χ1) is 11.9. The van der Waals surface area contributed by atoms with Gasteiger partial charge in [0, 0.05) is 19.3 Å². The minimum Gasteiger partial charge on any atom is -0.375 e. The van der Waals surface area contributed by atoms with Crippen LogP contribution in [0.4, 0.5) is 5.69 Å². The van der Waals surface area contributed by atoms with Crippen molar-refractivity contribution in [3.63, 3.8) is 0 Å². The summed E-state index contributed by atoms with van der Waals surface area (Å²) in [6.45, 7) is 4.70. The number of rotatable bonds is 8. The Morgan fingerprint density at radius 1 is 0.920 bits per heavy atom. The minimum absolute atomic E-state index is 0.0377. The van der Waals surface area contributed by atoms with E-state index < -0.39 is 10.4 Å². The highest BCUT2D eigenvalue weighted by molar-refractivity contribution is 7.82. The average molecular weight is 361 g/mol. The van der Waals surface area contributed by atoms with Gasteiger partial charge in [0.25, 0.3) is 0 Å². The van der Waals surface area contributed by atoms with Crippen LogP contribution >= 0.6 is 0 Å². The van der Waals surface area contributed by atoms with E-state index in [0.717, 1.165) is 17.7 Å². The van der Waals surface area contributed by atoms with E-state index in [0.29, 0.717) is 0 Å². The standard InChI is InChI=1S/C19H23NO4S/c1-4-20(3)18-12-8-16(9-13-18)6-7-17-10-14-19(15-11-17)24-25(21,22)23-5-2/h6-15H,4-5H2,1-3H3/b7-6+. The van der Waals surface area contributed by atoms with E-state index >= 15 is 0 Å². The largest absolute Gasteiger partial charge is 0.449 e. The van der Waals surface area contributed by atoms with E-state index in [2.05, 4.69) is 47.3 Å². The Kier molecular flexibility index (Phi) is 6.61. The molecule has 0 bridgehead atoms. The lowest BCUT2D eigenvalue weighted by molar-refractivity contribution is 0.288. The molecule has 0 aromatic heterocycles. The second kappa shape index (κ2) is 8.69. The zero-order valence-corrected chi connectivity index (χ0v) is 15.5. The normalized spacial score (nSPS) is 11.6. The van der Waals surface area contributed by atoms with Crippen LogP contribution in [-0.4, -0.2) is 28.6 Å². The van der Waals surface area contributed by atoms with Crippen LogP contribution in [-0.2, 0) is 14.6 Å². The molecule has 0 N–H and O–H groups in total. The Morgan fingerprint density at radius 3 is 1.92 bits per heavy atom. The second-order valence-corrected chi connectivity index (χ2v) is 6.63. The first kappa shape index (κ1) is 19.0. The number of anilines is 1. The third-order valence-corrected chi connectivity index (χ3v) is 4.54. The molecule has 134 valence electrons. The van der Waals surface area contributed by atoms with E-state index in [4.69, 9.17) is 4.18 Å². The molecule has 0 atom stereocenters. The molecule has 0 spiro atoms. The van der Waals surface area contributed by atoms with Gasteiger partial charge in [-0.3, -0.25) is 0 Å². The van der Waals surface area contributed by atoms with Gasteiger partial charge in [0.05, 0.1) is 6.61 Å². The summed E-state index contributed by atoms with van der Waals surface area (Å²) in [6, 6.07) is 15.0. The summed E-state index contributed by atoms with van der Waals surface area (Å²) in [5, 5.41) is 0. The first-order valence-corrected chi connectivity index (χ1v) is 9.45. The molecule has 0 heterocycles. The van der Waals surface area contributed by atoms with Gasteiger partial charge in [0.1, 0.15) is 5.75 Å². The predicted molar refractivity (Wildman–Crippen MR) is 102 cm³/mol. The number of hydrogen-bond acceptors (Lipinski definition) is 5. The first-order valence-electron chi connectivity index (χ1n) is 8.11. The molecule has 0 radical (unpaired) electrons. The summed E-state index contributed by atoms with van der Waals surface area (Å²) in [7, 11) is -1.93. The molecular formula is C19H23NO4S. The molecule has 2 rings (SSSR count). The predicted octanol–water partition coefficient (Wildman–Crippen LogP) is 3.97. The molecule has 0 saturated heterocycles. The van der Waals surface area contributed by atoms with Crippen molar-refractivity contribution in [1.29, 1.82) is 0 Å². The van der Waals surface area contributed by atoms with Crippen LogP contribution in [0.25, 0.3) is 12.2 Å². The van der Waals surface area contributed by atoms with Gasteiger partial charge in [-0.1, -0.05) is 36.4 Å². The van der Waals surface area contributed by atoms with Gasteiger partial charge in [-0.25, -0.2) is 4.18 Å². The molecule has 0 aliphatic rings. The summed E-state index contributed by atoms with van der Waals surface area (Å²) in [5.74, 6) is 0.220.